The van der Waals surface area contributed by atoms with Crippen LogP contribution in [0.25, 0.3) is 0 Å². The first kappa shape index (κ1) is 15.9. The smallest absolute Gasteiger partial charge is 0.323 e. The van der Waals surface area contributed by atoms with Gasteiger partial charge in [0.2, 0.25) is 0 Å². The van der Waals surface area contributed by atoms with Gasteiger partial charge in [-0.2, -0.15) is 0 Å². The van der Waals surface area contributed by atoms with E-state index in [-0.39, 0.29) is 13.1 Å². The number of aliphatic carboxylic acids is 1. The summed E-state index contributed by atoms with van der Waals surface area (Å²) in [5.74, 6) is 1.16. The molecule has 20 heavy (non-hydrogen) atoms. The van der Waals surface area contributed by atoms with Crippen molar-refractivity contribution in [1.29, 1.82) is 0 Å². The van der Waals surface area contributed by atoms with Crippen LogP contribution >= 0.6 is 11.6 Å². The summed E-state index contributed by atoms with van der Waals surface area (Å²) in [7, 11) is 1.57. The van der Waals surface area contributed by atoms with Crippen molar-refractivity contribution in [3.8, 4) is 12.3 Å². The lowest BCUT2D eigenvalue weighted by Crippen LogP contribution is -2.43. The van der Waals surface area contributed by atoms with E-state index in [0.29, 0.717) is 5.02 Å². The molecule has 1 rings (SSSR count). The van der Waals surface area contributed by atoms with E-state index in [4.69, 9.17) is 23.1 Å². The molecule has 0 aliphatic heterocycles. The van der Waals surface area contributed by atoms with Gasteiger partial charge in [0.05, 0.1) is 6.54 Å². The highest BCUT2D eigenvalue weighted by Crippen LogP contribution is 2.16. The fourth-order valence-corrected chi connectivity index (χ4v) is 1.85. The highest BCUT2D eigenvalue weighted by molar-refractivity contribution is 6.31. The summed E-state index contributed by atoms with van der Waals surface area (Å²) >= 11 is 6.02. The van der Waals surface area contributed by atoms with Crippen molar-refractivity contribution in [3.63, 3.8) is 0 Å². The minimum absolute atomic E-state index is 0.0575. The predicted molar refractivity (Wildman–Crippen MR) is 76.4 cm³/mol. The molecule has 0 bridgehead atoms. The molecule has 0 spiro atoms. The van der Waals surface area contributed by atoms with E-state index in [0.717, 1.165) is 10.5 Å². The van der Waals surface area contributed by atoms with E-state index in [9.17, 15) is 9.59 Å². The first-order valence-electron chi connectivity index (χ1n) is 5.84. The third-order valence-electron chi connectivity index (χ3n) is 2.57. The van der Waals surface area contributed by atoms with E-state index >= 15 is 0 Å². The maximum Gasteiger partial charge on any atom is 0.323 e. The minimum atomic E-state index is -1.11. The van der Waals surface area contributed by atoms with Crippen LogP contribution in [0.3, 0.4) is 0 Å². The van der Waals surface area contributed by atoms with Gasteiger partial charge in [-0.15, -0.1) is 6.42 Å². The second-order valence-corrected chi connectivity index (χ2v) is 4.59. The molecule has 0 saturated carbocycles. The van der Waals surface area contributed by atoms with Crippen molar-refractivity contribution < 1.29 is 14.7 Å². The molecule has 0 aromatic heterocycles. The Morgan fingerprint density at radius 1 is 1.40 bits per heavy atom. The van der Waals surface area contributed by atoms with Crippen LogP contribution in [-0.2, 0) is 11.3 Å². The van der Waals surface area contributed by atoms with Crippen LogP contribution in [0.2, 0.25) is 5.02 Å². The van der Waals surface area contributed by atoms with Gasteiger partial charge >= 0.3 is 12.0 Å². The number of urea groups is 1. The number of hydrogen-bond acceptors (Lipinski definition) is 2. The first-order valence-corrected chi connectivity index (χ1v) is 6.22. The van der Waals surface area contributed by atoms with Gasteiger partial charge in [-0.05, 0) is 11.6 Å². The number of terminal acetylenes is 1. The standard InChI is InChI=1S/C14H15ClN2O3/c1-3-8-17(10-13(18)19)14(20)16(2)9-11-6-4-5-7-12(11)15/h1,4-7H,8-10H2,2H3,(H,18,19). The average Bonchev–Trinajstić information content (AvgIpc) is 2.39. The molecule has 0 heterocycles. The monoisotopic (exact) mass is 294 g/mol. The quantitative estimate of drug-likeness (QED) is 0.844. The maximum atomic E-state index is 12.1. The summed E-state index contributed by atoms with van der Waals surface area (Å²) < 4.78 is 0. The lowest BCUT2D eigenvalue weighted by molar-refractivity contribution is -0.137. The zero-order valence-corrected chi connectivity index (χ0v) is 11.8. The Labute approximate surface area is 122 Å². The van der Waals surface area contributed by atoms with Gasteiger partial charge in [0, 0.05) is 18.6 Å². The van der Waals surface area contributed by atoms with E-state index < -0.39 is 18.5 Å². The summed E-state index contributed by atoms with van der Waals surface area (Å²) in [6.07, 6.45) is 5.14. The number of carboxylic acids is 1. The Kier molecular flexibility index (Phi) is 5.88. The molecular weight excluding hydrogens is 280 g/mol. The third kappa shape index (κ3) is 4.48. The van der Waals surface area contributed by atoms with Crippen molar-refractivity contribution in [2.75, 3.05) is 20.1 Å². The Morgan fingerprint density at radius 3 is 2.60 bits per heavy atom. The third-order valence-corrected chi connectivity index (χ3v) is 2.94. The zero-order valence-electron chi connectivity index (χ0n) is 11.0. The van der Waals surface area contributed by atoms with E-state index in [2.05, 4.69) is 5.92 Å². The lowest BCUT2D eigenvalue weighted by atomic mass is 10.2. The molecule has 1 N–H and O–H groups in total. The number of hydrogen-bond donors (Lipinski definition) is 1. The molecule has 0 aliphatic rings. The zero-order chi connectivity index (χ0) is 15.1. The average molecular weight is 295 g/mol. The normalized spacial score (nSPS) is 9.65. The van der Waals surface area contributed by atoms with Gasteiger partial charge in [0.25, 0.3) is 0 Å². The molecule has 0 atom stereocenters. The molecular formula is C14H15ClN2O3. The van der Waals surface area contributed by atoms with Gasteiger partial charge in [-0.3, -0.25) is 4.79 Å². The second kappa shape index (κ2) is 7.41. The van der Waals surface area contributed by atoms with Crippen molar-refractivity contribution in [1.82, 2.24) is 9.80 Å². The predicted octanol–water partition coefficient (Wildman–Crippen LogP) is 1.91. The molecule has 0 radical (unpaired) electrons. The number of amides is 2. The Bertz CT molecular complexity index is 539. The van der Waals surface area contributed by atoms with Crippen LogP contribution in [0.4, 0.5) is 4.79 Å². The van der Waals surface area contributed by atoms with Gasteiger partial charge in [-0.25, -0.2) is 4.79 Å². The van der Waals surface area contributed by atoms with Crippen LogP contribution < -0.4 is 0 Å². The summed E-state index contributed by atoms with van der Waals surface area (Å²) in [6, 6.07) is 6.68. The van der Waals surface area contributed by atoms with Gasteiger partial charge in [0.1, 0.15) is 6.54 Å². The number of benzene rings is 1. The molecule has 5 nitrogen and oxygen atoms in total. The fraction of sp³-hybridized carbons (Fsp3) is 0.286. The SMILES string of the molecule is C#CCN(CC(=O)O)C(=O)N(C)Cc1ccccc1Cl. The maximum absolute atomic E-state index is 12.1. The molecule has 0 saturated heterocycles. The molecule has 1 aromatic rings. The summed E-state index contributed by atoms with van der Waals surface area (Å²) in [4.78, 5) is 25.3. The molecule has 2 amide bonds. The van der Waals surface area contributed by atoms with E-state index in [1.165, 1.54) is 4.90 Å². The molecule has 0 aliphatic carbocycles. The van der Waals surface area contributed by atoms with Crippen LogP contribution in [0.5, 0.6) is 0 Å². The first-order chi connectivity index (χ1) is 9.45. The highest BCUT2D eigenvalue weighted by Gasteiger charge is 2.20. The molecule has 1 aromatic carbocycles. The summed E-state index contributed by atoms with van der Waals surface area (Å²) in [5, 5.41) is 9.32. The molecule has 6 heteroatoms. The van der Waals surface area contributed by atoms with Crippen molar-refractivity contribution in [2.24, 2.45) is 0 Å². The van der Waals surface area contributed by atoms with Gasteiger partial charge in [-0.1, -0.05) is 35.7 Å². The van der Waals surface area contributed by atoms with Crippen molar-refractivity contribution >= 4 is 23.6 Å². The van der Waals surface area contributed by atoms with Gasteiger partial charge < -0.3 is 14.9 Å². The van der Waals surface area contributed by atoms with Crippen molar-refractivity contribution in [3.05, 3.63) is 34.9 Å². The molecule has 0 unspecified atom stereocenters. The number of carbonyl (C=O) groups is 2. The van der Waals surface area contributed by atoms with Crippen LogP contribution in [0.15, 0.2) is 24.3 Å². The Hall–Kier alpha value is -2.19. The lowest BCUT2D eigenvalue weighted by Gasteiger charge is -2.25. The van der Waals surface area contributed by atoms with E-state index in [1.807, 2.05) is 6.07 Å². The summed E-state index contributed by atoms with van der Waals surface area (Å²) in [6.45, 7) is -0.215. The van der Waals surface area contributed by atoms with Gasteiger partial charge in [0.15, 0.2) is 0 Å². The van der Waals surface area contributed by atoms with E-state index in [1.54, 1.807) is 25.2 Å². The fourth-order valence-electron chi connectivity index (χ4n) is 1.66. The minimum Gasteiger partial charge on any atom is -0.480 e. The van der Waals surface area contributed by atoms with Crippen molar-refractivity contribution in [2.45, 2.75) is 6.54 Å². The Balaban J connectivity index is 2.76. The summed E-state index contributed by atoms with van der Waals surface area (Å²) in [5.41, 5.74) is 0.779. The number of nitrogens with zero attached hydrogens (tertiary/aromatic N) is 2. The van der Waals surface area contributed by atoms with Crippen LogP contribution in [0.1, 0.15) is 5.56 Å². The molecule has 0 fully saturated rings. The molecule has 106 valence electrons. The highest BCUT2D eigenvalue weighted by atomic mass is 35.5. The second-order valence-electron chi connectivity index (χ2n) is 4.18. The van der Waals surface area contributed by atoms with Crippen LogP contribution in [-0.4, -0.2) is 47.0 Å². The number of halogens is 1. The number of rotatable bonds is 5. The largest absolute Gasteiger partial charge is 0.480 e. The number of carboxylic acid groups (broad SMARTS) is 1. The van der Waals surface area contributed by atoms with Crippen LogP contribution in [0, 0.1) is 12.3 Å². The topological polar surface area (TPSA) is 60.9 Å². The Morgan fingerprint density at radius 2 is 2.05 bits per heavy atom. The number of carbonyl (C=O) groups excluding carboxylic acids is 1.